The summed E-state index contributed by atoms with van der Waals surface area (Å²) in [6.45, 7) is 0. The van der Waals surface area contributed by atoms with Crippen LogP contribution in [0.15, 0.2) is 18.3 Å². The number of carbonyl (C=O) groups is 3. The average Bonchev–Trinajstić information content (AvgIpc) is 2.34. The molecular weight excluding hydrogens is 252 g/mol. The van der Waals surface area contributed by atoms with E-state index in [1.54, 1.807) is 6.07 Å². The predicted octanol–water partition coefficient (Wildman–Crippen LogP) is -0.888. The molecule has 0 saturated carbocycles. The van der Waals surface area contributed by atoms with Gasteiger partial charge in [-0.3, -0.25) is 9.59 Å². The first-order chi connectivity index (χ1) is 8.91. The number of amides is 2. The number of aromatic nitrogens is 1. The minimum Gasteiger partial charge on any atom is -0.480 e. The molecule has 2 amide bonds. The number of hydrogen-bond acceptors (Lipinski definition) is 5. The zero-order valence-electron chi connectivity index (χ0n) is 10.00. The average molecular weight is 266 g/mol. The lowest BCUT2D eigenvalue weighted by molar-refractivity contribution is -0.139. The van der Waals surface area contributed by atoms with Crippen LogP contribution in [0.4, 0.5) is 5.69 Å². The van der Waals surface area contributed by atoms with Crippen LogP contribution in [0.5, 0.6) is 0 Å². The molecule has 0 aliphatic heterocycles. The van der Waals surface area contributed by atoms with E-state index in [9.17, 15) is 14.4 Å². The van der Waals surface area contributed by atoms with Crippen LogP contribution in [-0.2, 0) is 9.59 Å². The van der Waals surface area contributed by atoms with Crippen molar-refractivity contribution in [3.05, 3.63) is 24.0 Å². The molecule has 0 aliphatic carbocycles. The molecule has 0 spiro atoms. The van der Waals surface area contributed by atoms with Gasteiger partial charge < -0.3 is 21.9 Å². The molecule has 1 atom stereocenters. The summed E-state index contributed by atoms with van der Waals surface area (Å²) in [5.41, 5.74) is 10.6. The fraction of sp³-hybridized carbons (Fsp3) is 0.273. The Morgan fingerprint density at radius 3 is 2.63 bits per heavy atom. The SMILES string of the molecule is NC(=O)CC[C@@H](NC(=O)c1ncccc1N)C(=O)O. The fourth-order valence-corrected chi connectivity index (χ4v) is 1.38. The van der Waals surface area contributed by atoms with Crippen molar-refractivity contribution >= 4 is 23.5 Å². The van der Waals surface area contributed by atoms with Crippen LogP contribution in [0.3, 0.4) is 0 Å². The Balaban J connectivity index is 2.74. The second-order valence-electron chi connectivity index (χ2n) is 3.81. The highest BCUT2D eigenvalue weighted by atomic mass is 16.4. The van der Waals surface area contributed by atoms with Gasteiger partial charge in [-0.15, -0.1) is 0 Å². The number of aliphatic carboxylic acids is 1. The third kappa shape index (κ3) is 4.26. The maximum absolute atomic E-state index is 11.8. The third-order valence-corrected chi connectivity index (χ3v) is 2.34. The number of rotatable bonds is 6. The number of hydrogen-bond donors (Lipinski definition) is 4. The van der Waals surface area contributed by atoms with Crippen molar-refractivity contribution in [3.8, 4) is 0 Å². The molecule has 0 saturated heterocycles. The number of primary amides is 1. The van der Waals surface area contributed by atoms with Gasteiger partial charge in [0.15, 0.2) is 5.69 Å². The molecule has 8 heteroatoms. The van der Waals surface area contributed by atoms with Crippen LogP contribution >= 0.6 is 0 Å². The van der Waals surface area contributed by atoms with Crippen molar-refractivity contribution < 1.29 is 19.5 Å². The molecule has 6 N–H and O–H groups in total. The van der Waals surface area contributed by atoms with Crippen LogP contribution < -0.4 is 16.8 Å². The lowest BCUT2D eigenvalue weighted by Gasteiger charge is -2.13. The summed E-state index contributed by atoms with van der Waals surface area (Å²) < 4.78 is 0. The number of nitrogens with one attached hydrogen (secondary N) is 1. The van der Waals surface area contributed by atoms with Crippen molar-refractivity contribution in [1.29, 1.82) is 0 Å². The first-order valence-electron chi connectivity index (χ1n) is 5.44. The van der Waals surface area contributed by atoms with E-state index in [4.69, 9.17) is 16.6 Å². The summed E-state index contributed by atoms with van der Waals surface area (Å²) in [7, 11) is 0. The summed E-state index contributed by atoms with van der Waals surface area (Å²) in [4.78, 5) is 37.1. The minimum absolute atomic E-state index is 0.0622. The summed E-state index contributed by atoms with van der Waals surface area (Å²) in [5.74, 6) is -2.61. The van der Waals surface area contributed by atoms with Crippen LogP contribution in [0, 0.1) is 0 Å². The lowest BCUT2D eigenvalue weighted by Crippen LogP contribution is -2.41. The van der Waals surface area contributed by atoms with E-state index in [0.29, 0.717) is 0 Å². The molecule has 0 unspecified atom stereocenters. The van der Waals surface area contributed by atoms with Crippen molar-refractivity contribution in [1.82, 2.24) is 10.3 Å². The molecule has 0 fully saturated rings. The van der Waals surface area contributed by atoms with E-state index in [-0.39, 0.29) is 24.2 Å². The molecule has 1 aromatic heterocycles. The van der Waals surface area contributed by atoms with Crippen LogP contribution in [0.1, 0.15) is 23.3 Å². The number of nitrogens with two attached hydrogens (primary N) is 2. The molecule has 19 heavy (non-hydrogen) atoms. The number of pyridine rings is 1. The smallest absolute Gasteiger partial charge is 0.326 e. The molecule has 0 bridgehead atoms. The monoisotopic (exact) mass is 266 g/mol. The summed E-state index contributed by atoms with van der Waals surface area (Å²) in [6, 6.07) is 1.80. The molecular formula is C11H14N4O4. The van der Waals surface area contributed by atoms with Crippen molar-refractivity contribution in [2.75, 3.05) is 5.73 Å². The Hall–Kier alpha value is -2.64. The number of carbonyl (C=O) groups excluding carboxylic acids is 2. The van der Waals surface area contributed by atoms with Crippen LogP contribution in [0.25, 0.3) is 0 Å². The van der Waals surface area contributed by atoms with Gasteiger partial charge in [-0.25, -0.2) is 9.78 Å². The van der Waals surface area contributed by atoms with Gasteiger partial charge in [0.25, 0.3) is 5.91 Å². The van der Waals surface area contributed by atoms with E-state index < -0.39 is 23.8 Å². The first kappa shape index (κ1) is 14.4. The minimum atomic E-state index is -1.26. The number of carboxylic acid groups (broad SMARTS) is 1. The zero-order valence-corrected chi connectivity index (χ0v) is 10.00. The van der Waals surface area contributed by atoms with Gasteiger partial charge in [0.05, 0.1) is 5.69 Å². The summed E-state index contributed by atoms with van der Waals surface area (Å²) >= 11 is 0. The number of anilines is 1. The van der Waals surface area contributed by atoms with Gasteiger partial charge in [0.2, 0.25) is 5.91 Å². The first-order valence-corrected chi connectivity index (χ1v) is 5.44. The van der Waals surface area contributed by atoms with Gasteiger partial charge >= 0.3 is 5.97 Å². The quantitative estimate of drug-likeness (QED) is 0.525. The Morgan fingerprint density at radius 1 is 1.42 bits per heavy atom. The largest absolute Gasteiger partial charge is 0.480 e. The van der Waals surface area contributed by atoms with Crippen molar-refractivity contribution in [3.63, 3.8) is 0 Å². The Bertz CT molecular complexity index is 503. The van der Waals surface area contributed by atoms with E-state index >= 15 is 0 Å². The molecule has 1 rings (SSSR count). The van der Waals surface area contributed by atoms with E-state index in [1.165, 1.54) is 12.3 Å². The highest BCUT2D eigenvalue weighted by Crippen LogP contribution is 2.07. The lowest BCUT2D eigenvalue weighted by atomic mass is 10.1. The Kier molecular flexibility index (Phi) is 4.81. The molecule has 8 nitrogen and oxygen atoms in total. The molecule has 0 aromatic carbocycles. The van der Waals surface area contributed by atoms with Gasteiger partial charge in [-0.1, -0.05) is 0 Å². The third-order valence-electron chi connectivity index (χ3n) is 2.34. The topological polar surface area (TPSA) is 148 Å². The number of nitrogen functional groups attached to an aromatic ring is 1. The van der Waals surface area contributed by atoms with E-state index in [0.717, 1.165) is 0 Å². The Labute approximate surface area is 108 Å². The van der Waals surface area contributed by atoms with Gasteiger partial charge in [0, 0.05) is 12.6 Å². The van der Waals surface area contributed by atoms with Crippen molar-refractivity contribution in [2.45, 2.75) is 18.9 Å². The fourth-order valence-electron chi connectivity index (χ4n) is 1.38. The summed E-state index contributed by atoms with van der Waals surface area (Å²) in [5, 5.41) is 11.2. The zero-order chi connectivity index (χ0) is 14.4. The summed E-state index contributed by atoms with van der Waals surface area (Å²) in [6.07, 6.45) is 1.13. The van der Waals surface area contributed by atoms with Gasteiger partial charge in [-0.05, 0) is 18.6 Å². The number of carboxylic acids is 1. The van der Waals surface area contributed by atoms with Gasteiger partial charge in [-0.2, -0.15) is 0 Å². The van der Waals surface area contributed by atoms with E-state index in [1.807, 2.05) is 0 Å². The van der Waals surface area contributed by atoms with E-state index in [2.05, 4.69) is 10.3 Å². The second-order valence-corrected chi connectivity index (χ2v) is 3.81. The molecule has 0 radical (unpaired) electrons. The highest BCUT2D eigenvalue weighted by molar-refractivity contribution is 5.99. The van der Waals surface area contributed by atoms with Crippen LogP contribution in [-0.4, -0.2) is 33.9 Å². The van der Waals surface area contributed by atoms with Gasteiger partial charge in [0.1, 0.15) is 6.04 Å². The van der Waals surface area contributed by atoms with Crippen LogP contribution in [0.2, 0.25) is 0 Å². The Morgan fingerprint density at radius 2 is 2.11 bits per heavy atom. The van der Waals surface area contributed by atoms with Crippen molar-refractivity contribution in [2.24, 2.45) is 5.73 Å². The molecule has 1 aromatic rings. The molecule has 1 heterocycles. The standard InChI is InChI=1S/C11H14N4O4/c12-6-2-1-5-14-9(6)10(17)15-7(11(18)19)3-4-8(13)16/h1-2,5,7H,3-4,12H2,(H2,13,16)(H,15,17)(H,18,19)/t7-/m1/s1. The molecule has 102 valence electrons. The molecule has 0 aliphatic rings. The predicted molar refractivity (Wildman–Crippen MR) is 66.0 cm³/mol. The maximum Gasteiger partial charge on any atom is 0.326 e. The maximum atomic E-state index is 11.8. The normalized spacial score (nSPS) is 11.6. The number of nitrogens with zero attached hydrogens (tertiary/aromatic N) is 1. The highest BCUT2D eigenvalue weighted by Gasteiger charge is 2.22. The second kappa shape index (κ2) is 6.34.